The average molecular weight is 295 g/mol. The van der Waals surface area contributed by atoms with E-state index in [2.05, 4.69) is 32.6 Å². The molecule has 0 aliphatic heterocycles. The molecule has 2 rings (SSSR count). The summed E-state index contributed by atoms with van der Waals surface area (Å²) in [6, 6.07) is 0.804. The Hall–Kier alpha value is -0.0800. The molecular weight excluding hydrogens is 256 g/mol. The summed E-state index contributed by atoms with van der Waals surface area (Å²) < 4.78 is 0. The molecule has 0 heterocycles. The quantitative estimate of drug-likeness (QED) is 0.822. The van der Waals surface area contributed by atoms with E-state index >= 15 is 0 Å². The van der Waals surface area contributed by atoms with Crippen molar-refractivity contribution in [2.75, 3.05) is 13.1 Å². The largest absolute Gasteiger partial charge is 0.329 e. The smallest absolute Gasteiger partial charge is 0.0334 e. The Morgan fingerprint density at radius 2 is 1.57 bits per heavy atom. The zero-order valence-electron chi connectivity index (χ0n) is 15.0. The molecule has 2 aliphatic rings. The first-order chi connectivity index (χ1) is 9.93. The molecule has 0 atom stereocenters. The number of nitrogens with two attached hydrogens (primary N) is 1. The van der Waals surface area contributed by atoms with Gasteiger partial charge in [-0.1, -0.05) is 47.0 Å². The fraction of sp³-hybridized carbons (Fsp3) is 1.00. The molecule has 2 fully saturated rings. The van der Waals surface area contributed by atoms with Gasteiger partial charge in [0.15, 0.2) is 0 Å². The lowest BCUT2D eigenvalue weighted by molar-refractivity contribution is -0.0139. The van der Waals surface area contributed by atoms with Crippen LogP contribution >= 0.6 is 0 Å². The minimum absolute atomic E-state index is 0.304. The van der Waals surface area contributed by atoms with Crippen molar-refractivity contribution in [3.05, 3.63) is 0 Å². The van der Waals surface area contributed by atoms with E-state index in [1.54, 1.807) is 0 Å². The minimum Gasteiger partial charge on any atom is -0.329 e. The number of likely N-dealkylation sites (N-methyl/N-ethyl adjacent to an activating group) is 1. The first kappa shape index (κ1) is 17.3. The van der Waals surface area contributed by atoms with E-state index in [4.69, 9.17) is 5.73 Å². The summed E-state index contributed by atoms with van der Waals surface area (Å²) in [5.74, 6) is 0.877. The van der Waals surface area contributed by atoms with E-state index in [0.717, 1.165) is 18.5 Å². The van der Waals surface area contributed by atoms with E-state index in [-0.39, 0.29) is 0 Å². The lowest BCUT2D eigenvalue weighted by Gasteiger charge is -2.53. The highest BCUT2D eigenvalue weighted by atomic mass is 15.2. The lowest BCUT2D eigenvalue weighted by atomic mass is 9.66. The maximum atomic E-state index is 6.33. The van der Waals surface area contributed by atoms with Crippen LogP contribution in [0.15, 0.2) is 0 Å². The Kier molecular flexibility index (Phi) is 5.76. The van der Waals surface area contributed by atoms with Crippen LogP contribution in [0.25, 0.3) is 0 Å². The van der Waals surface area contributed by atoms with Crippen LogP contribution in [0.1, 0.15) is 85.5 Å². The van der Waals surface area contributed by atoms with E-state index in [1.165, 1.54) is 64.3 Å². The van der Waals surface area contributed by atoms with Crippen LogP contribution in [0.2, 0.25) is 0 Å². The van der Waals surface area contributed by atoms with Gasteiger partial charge in [0.2, 0.25) is 0 Å². The zero-order chi connectivity index (χ0) is 15.5. The van der Waals surface area contributed by atoms with Gasteiger partial charge in [-0.3, -0.25) is 4.90 Å². The summed E-state index contributed by atoms with van der Waals surface area (Å²) in [5, 5.41) is 0. The van der Waals surface area contributed by atoms with Gasteiger partial charge in [0.1, 0.15) is 0 Å². The van der Waals surface area contributed by atoms with Crippen LogP contribution in [-0.2, 0) is 0 Å². The maximum Gasteiger partial charge on any atom is 0.0334 e. The number of hydrogen-bond acceptors (Lipinski definition) is 2. The molecule has 0 spiro atoms. The fourth-order valence-electron chi connectivity index (χ4n) is 5.00. The highest BCUT2D eigenvalue weighted by Gasteiger charge is 2.43. The van der Waals surface area contributed by atoms with Crippen molar-refractivity contribution in [3.8, 4) is 0 Å². The third-order valence-corrected chi connectivity index (χ3v) is 6.49. The monoisotopic (exact) mass is 294 g/mol. The zero-order valence-corrected chi connectivity index (χ0v) is 15.0. The van der Waals surface area contributed by atoms with Crippen LogP contribution < -0.4 is 5.73 Å². The first-order valence-corrected chi connectivity index (χ1v) is 9.40. The van der Waals surface area contributed by atoms with Crippen LogP contribution in [0.3, 0.4) is 0 Å². The van der Waals surface area contributed by atoms with Gasteiger partial charge in [-0.05, 0) is 56.4 Å². The van der Waals surface area contributed by atoms with E-state index in [9.17, 15) is 0 Å². The van der Waals surface area contributed by atoms with Crippen LogP contribution in [0.5, 0.6) is 0 Å². The normalized spacial score (nSPS) is 32.6. The molecule has 0 aromatic rings. The lowest BCUT2D eigenvalue weighted by Crippen LogP contribution is -2.60. The van der Waals surface area contributed by atoms with Crippen LogP contribution in [0.4, 0.5) is 0 Å². The van der Waals surface area contributed by atoms with Crippen LogP contribution in [-0.4, -0.2) is 29.6 Å². The fourth-order valence-corrected chi connectivity index (χ4v) is 5.00. The first-order valence-electron chi connectivity index (χ1n) is 9.40. The molecule has 0 aromatic carbocycles. The van der Waals surface area contributed by atoms with E-state index < -0.39 is 0 Å². The van der Waals surface area contributed by atoms with Gasteiger partial charge in [-0.15, -0.1) is 0 Å². The molecule has 0 bridgehead atoms. The van der Waals surface area contributed by atoms with Crippen molar-refractivity contribution in [2.45, 2.75) is 97.1 Å². The van der Waals surface area contributed by atoms with Crippen molar-refractivity contribution < 1.29 is 0 Å². The Balaban J connectivity index is 2.06. The van der Waals surface area contributed by atoms with E-state index in [1.807, 2.05) is 0 Å². The van der Waals surface area contributed by atoms with Gasteiger partial charge in [-0.25, -0.2) is 0 Å². The second-order valence-electron chi connectivity index (χ2n) is 8.65. The number of nitrogens with zero attached hydrogens (tertiary/aromatic N) is 1. The standard InChI is InChI=1S/C19H38N2/c1-5-21(17-9-7-6-8-10-17)19(15-20)13-11-16(12-14-19)18(2,3)4/h16-17H,5-15,20H2,1-4H3. The molecule has 0 aromatic heterocycles. The molecule has 21 heavy (non-hydrogen) atoms. The molecule has 2 N–H and O–H groups in total. The van der Waals surface area contributed by atoms with Crippen molar-refractivity contribution in [3.63, 3.8) is 0 Å². The van der Waals surface area contributed by atoms with E-state index in [0.29, 0.717) is 11.0 Å². The van der Waals surface area contributed by atoms with Gasteiger partial charge in [0, 0.05) is 18.1 Å². The van der Waals surface area contributed by atoms with Gasteiger partial charge in [-0.2, -0.15) is 0 Å². The summed E-state index contributed by atoms with van der Waals surface area (Å²) >= 11 is 0. The molecule has 0 unspecified atom stereocenters. The topological polar surface area (TPSA) is 29.3 Å². The third kappa shape index (κ3) is 3.82. The Bertz CT molecular complexity index is 304. The second-order valence-corrected chi connectivity index (χ2v) is 8.65. The van der Waals surface area contributed by atoms with Gasteiger partial charge in [0.25, 0.3) is 0 Å². The highest BCUT2D eigenvalue weighted by Crippen LogP contribution is 2.44. The molecule has 2 aliphatic carbocycles. The summed E-state index contributed by atoms with van der Waals surface area (Å²) in [5.41, 5.74) is 7.10. The van der Waals surface area contributed by atoms with Crippen molar-refractivity contribution in [1.82, 2.24) is 4.90 Å². The van der Waals surface area contributed by atoms with Gasteiger partial charge in [0.05, 0.1) is 0 Å². The number of rotatable bonds is 4. The maximum absolute atomic E-state index is 6.33. The summed E-state index contributed by atoms with van der Waals surface area (Å²) in [6.45, 7) is 11.6. The molecule has 2 heteroatoms. The Labute approximate surface area is 132 Å². The van der Waals surface area contributed by atoms with Gasteiger partial charge >= 0.3 is 0 Å². The molecule has 2 nitrogen and oxygen atoms in total. The summed E-state index contributed by atoms with van der Waals surface area (Å²) in [7, 11) is 0. The SMILES string of the molecule is CCN(C1CCCCC1)C1(CN)CCC(C(C)(C)C)CC1. The highest BCUT2D eigenvalue weighted by molar-refractivity contribution is 4.99. The third-order valence-electron chi connectivity index (χ3n) is 6.49. The van der Waals surface area contributed by atoms with Crippen molar-refractivity contribution >= 4 is 0 Å². The molecule has 2 saturated carbocycles. The van der Waals surface area contributed by atoms with Crippen molar-refractivity contribution in [2.24, 2.45) is 17.1 Å². The van der Waals surface area contributed by atoms with Crippen LogP contribution in [0, 0.1) is 11.3 Å². The molecular formula is C19H38N2. The molecule has 124 valence electrons. The Morgan fingerprint density at radius 3 is 2.00 bits per heavy atom. The summed E-state index contributed by atoms with van der Waals surface area (Å²) in [6.07, 6.45) is 12.4. The predicted octanol–water partition coefficient (Wildman–Crippen LogP) is 4.57. The average Bonchev–Trinajstić information content (AvgIpc) is 2.48. The summed E-state index contributed by atoms with van der Waals surface area (Å²) in [4.78, 5) is 2.82. The van der Waals surface area contributed by atoms with Crippen molar-refractivity contribution in [1.29, 1.82) is 0 Å². The van der Waals surface area contributed by atoms with Gasteiger partial charge < -0.3 is 5.73 Å². The number of hydrogen-bond donors (Lipinski definition) is 1. The minimum atomic E-state index is 0.304. The predicted molar refractivity (Wildman–Crippen MR) is 92.5 cm³/mol. The molecule has 0 amide bonds. The molecule has 0 saturated heterocycles. The molecule has 0 radical (unpaired) electrons. The second kappa shape index (κ2) is 7.00. The Morgan fingerprint density at radius 1 is 1.00 bits per heavy atom.